The molecule has 108 valence electrons. The molecule has 1 unspecified atom stereocenters. The lowest BCUT2D eigenvalue weighted by Crippen LogP contribution is -2.37. The number of hydrazine groups is 1. The quantitative estimate of drug-likeness (QED) is 0.342. The molecule has 5 heteroatoms. The van der Waals surface area contributed by atoms with Crippen LogP contribution in [0.1, 0.15) is 18.0 Å². The molecule has 0 fully saturated rings. The zero-order valence-corrected chi connectivity index (χ0v) is 11.6. The van der Waals surface area contributed by atoms with E-state index in [1.807, 2.05) is 54.6 Å². The lowest BCUT2D eigenvalue weighted by Gasteiger charge is -2.24. The van der Waals surface area contributed by atoms with Crippen molar-refractivity contribution in [3.63, 3.8) is 0 Å². The van der Waals surface area contributed by atoms with Crippen LogP contribution >= 0.6 is 0 Å². The van der Waals surface area contributed by atoms with Gasteiger partial charge in [0.1, 0.15) is 5.75 Å². The first-order valence-corrected chi connectivity index (χ1v) is 6.95. The number of hydrogen-bond acceptors (Lipinski definition) is 3. The maximum absolute atomic E-state index is 5.65. The van der Waals surface area contributed by atoms with Crippen LogP contribution in [0.5, 0.6) is 5.75 Å². The smallest absolute Gasteiger partial charge is 0.210 e. The van der Waals surface area contributed by atoms with Gasteiger partial charge in [-0.3, -0.25) is 5.43 Å². The van der Waals surface area contributed by atoms with Crippen molar-refractivity contribution in [2.24, 2.45) is 10.8 Å². The van der Waals surface area contributed by atoms with E-state index in [1.54, 1.807) is 0 Å². The minimum atomic E-state index is 0.0391. The van der Waals surface area contributed by atoms with Gasteiger partial charge in [-0.15, -0.1) is 0 Å². The Labute approximate surface area is 123 Å². The molecule has 1 aliphatic heterocycles. The molecular formula is C16H18N4O. The Kier molecular flexibility index (Phi) is 4.02. The number of nitrogens with zero attached hydrogens (tertiary/aromatic N) is 1. The third kappa shape index (κ3) is 3.14. The van der Waals surface area contributed by atoms with Crippen LogP contribution < -0.4 is 21.3 Å². The van der Waals surface area contributed by atoms with Gasteiger partial charge in [-0.1, -0.05) is 36.4 Å². The molecule has 0 spiro atoms. The van der Waals surface area contributed by atoms with Gasteiger partial charge < -0.3 is 10.1 Å². The average Bonchev–Trinajstić information content (AvgIpc) is 2.55. The summed E-state index contributed by atoms with van der Waals surface area (Å²) in [5.74, 6) is 7.02. The van der Waals surface area contributed by atoms with Crippen molar-refractivity contribution in [2.75, 3.05) is 11.9 Å². The molecule has 1 aliphatic rings. The summed E-state index contributed by atoms with van der Waals surface area (Å²) in [6, 6.07) is 17.8. The lowest BCUT2D eigenvalue weighted by molar-refractivity contribution is 0.269. The van der Waals surface area contributed by atoms with Gasteiger partial charge in [-0.2, -0.15) is 0 Å². The Morgan fingerprint density at radius 1 is 1.10 bits per heavy atom. The van der Waals surface area contributed by atoms with Crippen LogP contribution in [-0.4, -0.2) is 12.6 Å². The van der Waals surface area contributed by atoms with Crippen LogP contribution in [0.2, 0.25) is 0 Å². The van der Waals surface area contributed by atoms with E-state index in [0.717, 1.165) is 23.4 Å². The molecule has 4 N–H and O–H groups in total. The van der Waals surface area contributed by atoms with E-state index in [-0.39, 0.29) is 6.04 Å². The molecule has 0 radical (unpaired) electrons. The summed E-state index contributed by atoms with van der Waals surface area (Å²) in [6.45, 7) is 0.661. The second-order valence-electron chi connectivity index (χ2n) is 4.80. The number of hydrogen-bond donors (Lipinski definition) is 3. The van der Waals surface area contributed by atoms with Gasteiger partial charge in [0.05, 0.1) is 12.6 Å². The summed E-state index contributed by atoms with van der Waals surface area (Å²) in [6.07, 6.45) is 0.832. The van der Waals surface area contributed by atoms with Crippen LogP contribution in [0.3, 0.4) is 0 Å². The first kappa shape index (κ1) is 13.5. The summed E-state index contributed by atoms with van der Waals surface area (Å²) in [4.78, 5) is 4.68. The fourth-order valence-electron chi connectivity index (χ4n) is 2.38. The first-order valence-electron chi connectivity index (χ1n) is 6.95. The van der Waals surface area contributed by atoms with Crippen molar-refractivity contribution < 1.29 is 4.74 Å². The Morgan fingerprint density at radius 2 is 1.86 bits per heavy atom. The Hall–Kier alpha value is -2.53. The highest BCUT2D eigenvalue weighted by molar-refractivity contribution is 5.93. The molecule has 0 bridgehead atoms. The van der Waals surface area contributed by atoms with Gasteiger partial charge in [0, 0.05) is 17.7 Å². The first-order chi connectivity index (χ1) is 10.4. The predicted molar refractivity (Wildman–Crippen MR) is 84.1 cm³/mol. The molecule has 3 rings (SSSR count). The number of nitrogens with one attached hydrogen (secondary N) is 2. The second kappa shape index (κ2) is 6.28. The number of benzene rings is 2. The fourth-order valence-corrected chi connectivity index (χ4v) is 2.38. The van der Waals surface area contributed by atoms with Gasteiger partial charge in [0.25, 0.3) is 0 Å². The summed E-state index contributed by atoms with van der Waals surface area (Å²) >= 11 is 0. The topological polar surface area (TPSA) is 71.7 Å². The minimum absolute atomic E-state index is 0.0391. The molecule has 0 aliphatic carbocycles. The summed E-state index contributed by atoms with van der Waals surface area (Å²) in [5.41, 5.74) is 4.66. The third-order valence-corrected chi connectivity index (χ3v) is 3.39. The molecule has 2 aromatic rings. The van der Waals surface area contributed by atoms with Crippen molar-refractivity contribution in [1.29, 1.82) is 0 Å². The van der Waals surface area contributed by atoms with E-state index in [0.29, 0.717) is 12.6 Å². The molecule has 5 nitrogen and oxygen atoms in total. The number of guanidine groups is 1. The van der Waals surface area contributed by atoms with Gasteiger partial charge in [-0.25, -0.2) is 10.8 Å². The SMILES string of the molecule is NNC(=NC1CCOc2ccccc21)Nc1ccccc1. The number of aliphatic imine (C=N–C) groups is 1. The maximum atomic E-state index is 5.65. The maximum Gasteiger partial charge on any atom is 0.210 e. The molecule has 0 aromatic heterocycles. The second-order valence-corrected chi connectivity index (χ2v) is 4.80. The molecule has 1 heterocycles. The van der Waals surface area contributed by atoms with Crippen LogP contribution in [0.25, 0.3) is 0 Å². The molecule has 2 aromatic carbocycles. The van der Waals surface area contributed by atoms with Crippen molar-refractivity contribution >= 4 is 11.6 Å². The highest BCUT2D eigenvalue weighted by Gasteiger charge is 2.20. The highest BCUT2D eigenvalue weighted by atomic mass is 16.5. The van der Waals surface area contributed by atoms with Gasteiger partial charge in [0.15, 0.2) is 0 Å². The number of nitrogens with two attached hydrogens (primary N) is 1. The van der Waals surface area contributed by atoms with Gasteiger partial charge >= 0.3 is 0 Å². The predicted octanol–water partition coefficient (Wildman–Crippen LogP) is 2.44. The van der Waals surface area contributed by atoms with E-state index in [9.17, 15) is 0 Å². The fraction of sp³-hybridized carbons (Fsp3) is 0.188. The minimum Gasteiger partial charge on any atom is -0.493 e. The van der Waals surface area contributed by atoms with Gasteiger partial charge in [-0.05, 0) is 18.2 Å². The number of rotatable bonds is 2. The number of anilines is 1. The highest BCUT2D eigenvalue weighted by Crippen LogP contribution is 2.34. The molecule has 0 saturated heterocycles. The van der Waals surface area contributed by atoms with Crippen LogP contribution in [0.4, 0.5) is 5.69 Å². The monoisotopic (exact) mass is 282 g/mol. The Bertz CT molecular complexity index is 627. The Morgan fingerprint density at radius 3 is 2.67 bits per heavy atom. The van der Waals surface area contributed by atoms with Crippen molar-refractivity contribution in [3.05, 3.63) is 60.2 Å². The third-order valence-electron chi connectivity index (χ3n) is 3.39. The van der Waals surface area contributed by atoms with E-state index in [4.69, 9.17) is 10.6 Å². The van der Waals surface area contributed by atoms with Crippen LogP contribution in [0.15, 0.2) is 59.6 Å². The standard InChI is InChI=1S/C16H18N4O/c17-20-16(18-12-6-2-1-3-7-12)19-14-10-11-21-15-9-5-4-8-13(14)15/h1-9,14H,10-11,17H2,(H2,18,19,20). The number of fused-ring (bicyclic) bond motifs is 1. The summed E-state index contributed by atoms with van der Waals surface area (Å²) in [5, 5.41) is 3.18. The van der Waals surface area contributed by atoms with E-state index >= 15 is 0 Å². The molecular weight excluding hydrogens is 264 g/mol. The van der Waals surface area contributed by atoms with E-state index in [1.165, 1.54) is 0 Å². The van der Waals surface area contributed by atoms with Crippen LogP contribution in [-0.2, 0) is 0 Å². The molecule has 21 heavy (non-hydrogen) atoms. The number of para-hydroxylation sites is 2. The van der Waals surface area contributed by atoms with E-state index < -0.39 is 0 Å². The Balaban J connectivity index is 1.83. The zero-order valence-electron chi connectivity index (χ0n) is 11.6. The normalized spacial score (nSPS) is 17.6. The summed E-state index contributed by atoms with van der Waals surface area (Å²) in [7, 11) is 0. The summed E-state index contributed by atoms with van der Waals surface area (Å²) < 4.78 is 5.65. The van der Waals surface area contributed by atoms with Crippen molar-refractivity contribution in [2.45, 2.75) is 12.5 Å². The van der Waals surface area contributed by atoms with Crippen molar-refractivity contribution in [1.82, 2.24) is 5.43 Å². The average molecular weight is 282 g/mol. The molecule has 0 amide bonds. The van der Waals surface area contributed by atoms with Gasteiger partial charge in [0.2, 0.25) is 5.96 Å². The molecule has 0 saturated carbocycles. The lowest BCUT2D eigenvalue weighted by atomic mass is 10.0. The largest absolute Gasteiger partial charge is 0.493 e. The zero-order chi connectivity index (χ0) is 14.5. The molecule has 1 atom stereocenters. The van der Waals surface area contributed by atoms with Crippen molar-refractivity contribution in [3.8, 4) is 5.75 Å². The van der Waals surface area contributed by atoms with Crippen LogP contribution in [0, 0.1) is 0 Å². The van der Waals surface area contributed by atoms with E-state index in [2.05, 4.69) is 15.7 Å². The number of ether oxygens (including phenoxy) is 1.